The second-order valence-corrected chi connectivity index (χ2v) is 31.9. The molecule has 11 saturated carbocycles. The van der Waals surface area contributed by atoms with Crippen LogP contribution in [0.15, 0.2) is 0 Å². The predicted molar refractivity (Wildman–Crippen MR) is 367 cm³/mol. The smallest absolute Gasteiger partial charge is 0.225 e. The van der Waals surface area contributed by atoms with Crippen molar-refractivity contribution in [2.45, 2.75) is 304 Å². The number of nitrogens with two attached hydrogens (primary N) is 2. The molecule has 0 aromatic heterocycles. The monoisotopic (exact) mass is 1410 g/mol. The number of rotatable bonds is 27. The fourth-order valence-electron chi connectivity index (χ4n) is 20.0. The SMILES string of the molecule is CC(=O)N[C@@H](CC(N)=O)CC(=O)N[C@H]1CCC[C@@H]1C(=O)N[C@H]1CCC[C@@H]1C(=O)N[C@H]1CCC[C@@H]1C(=O)N[C@H]1CCC[C@@H]1C(=O)N[C@H]1CCC[C@@H]1C(=O)N[C@H]1CCC[C@@H]1C(=O)N[C@H]1CCC[C@@H]1C(=O)N[C@H]1CCC[C@@H]1C(=O)N[C@H]1CCC[C@@H]1C(=O)N[C@H]1CCC[C@@H]1C(=O)N[C@H]1CCC[C@@H]1C(N)=O. The largest absolute Gasteiger partial charge is 0.370 e. The maximum atomic E-state index is 14.2. The summed E-state index contributed by atoms with van der Waals surface area (Å²) in [6.07, 6.45) is 21.0. The lowest BCUT2D eigenvalue weighted by atomic mass is 9.95. The van der Waals surface area contributed by atoms with E-state index < -0.39 is 137 Å². The zero-order valence-corrected chi connectivity index (χ0v) is 58.9. The highest BCUT2D eigenvalue weighted by molar-refractivity contribution is 5.90. The van der Waals surface area contributed by atoms with Gasteiger partial charge in [0.15, 0.2) is 0 Å². The Morgan fingerprint density at radius 2 is 0.416 bits per heavy atom. The minimum absolute atomic E-state index is 0.165. The van der Waals surface area contributed by atoms with E-state index in [2.05, 4.69) is 63.8 Å². The predicted octanol–water partition coefficient (Wildman–Crippen LogP) is 1.38. The van der Waals surface area contributed by atoms with Crippen LogP contribution in [0.25, 0.3) is 0 Å². The zero-order valence-electron chi connectivity index (χ0n) is 58.9. The van der Waals surface area contributed by atoms with E-state index in [4.69, 9.17) is 11.5 Å². The Morgan fingerprint density at radius 1 is 0.248 bits per heavy atom. The molecule has 16 N–H and O–H groups in total. The van der Waals surface area contributed by atoms with Gasteiger partial charge in [-0.3, -0.25) is 67.1 Å². The van der Waals surface area contributed by atoms with Gasteiger partial charge in [0.1, 0.15) is 0 Å². The molecule has 0 spiro atoms. The molecule has 0 aliphatic heterocycles. The topological polar surface area (TPSA) is 435 Å². The quantitative estimate of drug-likeness (QED) is 0.0553. The van der Waals surface area contributed by atoms with E-state index >= 15 is 0 Å². The van der Waals surface area contributed by atoms with Crippen LogP contribution in [0, 0.1) is 65.1 Å². The Kier molecular flexibility index (Phi) is 25.3. The molecule has 101 heavy (non-hydrogen) atoms. The summed E-state index contributed by atoms with van der Waals surface area (Å²) in [5.41, 5.74) is 11.0. The van der Waals surface area contributed by atoms with Crippen LogP contribution in [0.2, 0.25) is 0 Å². The average molecular weight is 1410 g/mol. The second kappa shape index (κ2) is 34.2. The third kappa shape index (κ3) is 18.5. The third-order valence-electron chi connectivity index (χ3n) is 25.3. The van der Waals surface area contributed by atoms with Crippen LogP contribution < -0.4 is 75.3 Å². The molecule has 0 aromatic carbocycles. The molecule has 14 amide bonds. The Hall–Kier alpha value is -7.42. The lowest BCUT2D eigenvalue weighted by molar-refractivity contribution is -0.133. The summed E-state index contributed by atoms with van der Waals surface area (Å²) in [5, 5.41) is 37.2. The van der Waals surface area contributed by atoms with Gasteiger partial charge >= 0.3 is 0 Å². The Morgan fingerprint density at radius 3 is 0.584 bits per heavy atom. The van der Waals surface area contributed by atoms with Crippen molar-refractivity contribution < 1.29 is 67.1 Å². The van der Waals surface area contributed by atoms with Gasteiger partial charge in [-0.25, -0.2) is 0 Å². The van der Waals surface area contributed by atoms with Crippen molar-refractivity contribution in [1.29, 1.82) is 0 Å². The maximum absolute atomic E-state index is 14.2. The molecule has 28 nitrogen and oxygen atoms in total. The van der Waals surface area contributed by atoms with Gasteiger partial charge in [0.25, 0.3) is 0 Å². The van der Waals surface area contributed by atoms with E-state index in [9.17, 15) is 67.1 Å². The standard InChI is InChI=1S/C73H112N14O14/c1-37(88)76-38(35-61(74)89)36-62(90)77-51-25-3-14-40(51)64(92)79-53-27-5-16-42(53)66(94)81-55-29-7-18-44(55)68(96)83-57-31-9-20-46(57)70(98)85-59-33-11-22-48(59)72(100)87-60-34-12-23-49(60)73(101)86-58-32-10-21-47(58)71(99)84-56-30-8-19-45(56)69(97)82-54-28-6-17-43(54)67(95)80-52-26-4-15-41(52)65(93)78-50-24-2-13-39(50)63(75)91/h38-60H,2-36H2,1H3,(H2,74,89)(H2,75,91)(H,76,88)(H,77,90)(H,78,93)(H,79,92)(H,80,95)(H,81,94)(H,82,97)(H,83,96)(H,84,99)(H,85,98)(H,86,101)(H,87,100)/t38-,39-,40-,41-,42-,43-,44-,45-,46-,47-,48-,49-,50-,51-,52-,53-,54-,55-,56-,57-,58-,59-,60-/m0/s1. The van der Waals surface area contributed by atoms with Gasteiger partial charge in [-0.05, 0) is 141 Å². The van der Waals surface area contributed by atoms with E-state index in [1.165, 1.54) is 6.92 Å². The van der Waals surface area contributed by atoms with E-state index in [1.54, 1.807) is 0 Å². The summed E-state index contributed by atoms with van der Waals surface area (Å²) in [6.45, 7) is 1.29. The molecular weight excluding hydrogens is 1300 g/mol. The van der Waals surface area contributed by atoms with E-state index in [0.29, 0.717) is 148 Å². The molecule has 558 valence electrons. The van der Waals surface area contributed by atoms with Gasteiger partial charge in [-0.1, -0.05) is 70.6 Å². The van der Waals surface area contributed by atoms with Crippen molar-refractivity contribution in [1.82, 2.24) is 63.8 Å². The number of hydrogen-bond donors (Lipinski definition) is 14. The van der Waals surface area contributed by atoms with Gasteiger partial charge in [0.05, 0.1) is 65.1 Å². The van der Waals surface area contributed by atoms with Crippen molar-refractivity contribution in [2.24, 2.45) is 76.6 Å². The Labute approximate surface area is 591 Å². The molecular formula is C73H112N14O14. The van der Waals surface area contributed by atoms with E-state index in [-0.39, 0.29) is 96.0 Å². The van der Waals surface area contributed by atoms with Crippen LogP contribution in [-0.2, 0) is 67.1 Å². The van der Waals surface area contributed by atoms with Crippen molar-refractivity contribution >= 4 is 82.7 Å². The van der Waals surface area contributed by atoms with E-state index in [0.717, 1.165) is 64.2 Å². The Balaban J connectivity index is 0.602. The first kappa shape index (κ1) is 74.8. The molecule has 23 atom stereocenters. The number of primary amides is 2. The summed E-state index contributed by atoms with van der Waals surface area (Å²) in [4.78, 5) is 189. The third-order valence-corrected chi connectivity index (χ3v) is 25.3. The summed E-state index contributed by atoms with van der Waals surface area (Å²) in [7, 11) is 0. The molecule has 0 saturated heterocycles. The molecule has 0 unspecified atom stereocenters. The normalized spacial score (nSPS) is 35.9. The van der Waals surface area contributed by atoms with Crippen LogP contribution in [-0.4, -0.2) is 155 Å². The highest BCUT2D eigenvalue weighted by Crippen LogP contribution is 2.38. The minimum atomic E-state index is -0.776. The fraction of sp³-hybridized carbons (Fsp3) is 0.808. The first-order valence-corrected chi connectivity index (χ1v) is 38.7. The van der Waals surface area contributed by atoms with E-state index in [1.807, 2.05) is 0 Å². The molecule has 0 radical (unpaired) electrons. The van der Waals surface area contributed by atoms with Crippen LogP contribution >= 0.6 is 0 Å². The number of carbonyl (C=O) groups excluding carboxylic acids is 14. The molecule has 11 aliphatic carbocycles. The zero-order chi connectivity index (χ0) is 71.6. The number of amides is 14. The van der Waals surface area contributed by atoms with Gasteiger partial charge in [-0.15, -0.1) is 0 Å². The van der Waals surface area contributed by atoms with Crippen LogP contribution in [0.3, 0.4) is 0 Å². The molecule has 0 aromatic rings. The van der Waals surface area contributed by atoms with Gasteiger partial charge in [0.2, 0.25) is 82.7 Å². The van der Waals surface area contributed by atoms with Crippen LogP contribution in [0.1, 0.15) is 232 Å². The molecule has 11 rings (SSSR count). The van der Waals surface area contributed by atoms with Crippen molar-refractivity contribution in [3.8, 4) is 0 Å². The molecule has 0 heterocycles. The van der Waals surface area contributed by atoms with Crippen molar-refractivity contribution in [3.63, 3.8) is 0 Å². The molecule has 0 bridgehead atoms. The Bertz CT molecular complexity index is 3100. The average Bonchev–Trinajstić information content (AvgIpc) is 1.71. The molecule has 28 heteroatoms. The van der Waals surface area contributed by atoms with Crippen molar-refractivity contribution in [2.75, 3.05) is 0 Å². The minimum Gasteiger partial charge on any atom is -0.370 e. The van der Waals surface area contributed by atoms with Crippen LogP contribution in [0.5, 0.6) is 0 Å². The first-order valence-electron chi connectivity index (χ1n) is 38.7. The summed E-state index contributed by atoms with van der Waals surface area (Å²) < 4.78 is 0. The maximum Gasteiger partial charge on any atom is 0.225 e. The van der Waals surface area contributed by atoms with Crippen LogP contribution in [0.4, 0.5) is 0 Å². The van der Waals surface area contributed by atoms with Gasteiger partial charge in [0, 0.05) is 92.3 Å². The van der Waals surface area contributed by atoms with Crippen molar-refractivity contribution in [3.05, 3.63) is 0 Å². The highest BCUT2D eigenvalue weighted by Gasteiger charge is 2.48. The molecule has 11 fully saturated rings. The lowest BCUT2D eigenvalue weighted by Gasteiger charge is -2.29. The molecule has 11 aliphatic rings. The summed E-state index contributed by atoms with van der Waals surface area (Å²) >= 11 is 0. The summed E-state index contributed by atoms with van der Waals surface area (Å²) in [5.74, 6) is -9.31. The van der Waals surface area contributed by atoms with Gasteiger partial charge < -0.3 is 75.3 Å². The lowest BCUT2D eigenvalue weighted by Crippen LogP contribution is -2.54. The number of carbonyl (C=O) groups is 14. The number of hydrogen-bond acceptors (Lipinski definition) is 14. The first-order chi connectivity index (χ1) is 48.6. The van der Waals surface area contributed by atoms with Gasteiger partial charge in [-0.2, -0.15) is 0 Å². The number of nitrogens with one attached hydrogen (secondary N) is 12. The highest BCUT2D eigenvalue weighted by atomic mass is 16.2. The fourth-order valence-corrected chi connectivity index (χ4v) is 20.0. The summed E-state index contributed by atoms with van der Waals surface area (Å²) in [6, 6.07) is -5.25. The second-order valence-electron chi connectivity index (χ2n) is 31.9.